The molecule has 0 bridgehead atoms. The molecule has 0 aliphatic rings. The van der Waals surface area contributed by atoms with Gasteiger partial charge in [0.05, 0.1) is 7.11 Å². The number of carbonyl (C=O) groups excluding carboxylic acids is 1. The van der Waals surface area contributed by atoms with E-state index in [1.807, 2.05) is 6.92 Å². The third-order valence-corrected chi connectivity index (χ3v) is 3.37. The lowest BCUT2D eigenvalue weighted by Crippen LogP contribution is -2.05. The van der Waals surface area contributed by atoms with Crippen molar-refractivity contribution in [1.82, 2.24) is 4.98 Å². The number of hydrogen-bond donors (Lipinski definition) is 0. The molecule has 1 aromatic carbocycles. The average molecular weight is 296 g/mol. The number of benzene rings is 1. The third-order valence-electron chi connectivity index (χ3n) is 2.67. The van der Waals surface area contributed by atoms with Gasteiger partial charge in [0.25, 0.3) is 0 Å². The van der Waals surface area contributed by atoms with E-state index in [0.717, 1.165) is 5.56 Å². The SMILES string of the molecule is COc1nc(C(=O)c2ccc(C)c(Cl)c2)ccc1Cl. The maximum Gasteiger partial charge on any atom is 0.232 e. The third kappa shape index (κ3) is 2.88. The van der Waals surface area contributed by atoms with Crippen molar-refractivity contribution in [3.05, 3.63) is 57.2 Å². The Bertz CT molecular complexity index is 641. The summed E-state index contributed by atoms with van der Waals surface area (Å²) in [4.78, 5) is 16.3. The van der Waals surface area contributed by atoms with Crippen LogP contribution in [0.25, 0.3) is 0 Å². The van der Waals surface area contributed by atoms with Crippen LogP contribution in [0.4, 0.5) is 0 Å². The standard InChI is InChI=1S/C14H11Cl2NO2/c1-8-3-4-9(7-11(8)16)13(18)12-6-5-10(15)14(17-12)19-2/h3-7H,1-2H3. The van der Waals surface area contributed by atoms with Gasteiger partial charge in [0.2, 0.25) is 11.7 Å². The highest BCUT2D eigenvalue weighted by Crippen LogP contribution is 2.23. The smallest absolute Gasteiger partial charge is 0.232 e. The number of halogens is 2. The molecule has 0 atom stereocenters. The van der Waals surface area contributed by atoms with Crippen LogP contribution >= 0.6 is 23.2 Å². The van der Waals surface area contributed by atoms with Crippen molar-refractivity contribution in [1.29, 1.82) is 0 Å². The number of pyridine rings is 1. The molecule has 0 spiro atoms. The number of aryl methyl sites for hydroxylation is 1. The molecule has 0 aliphatic carbocycles. The second kappa shape index (κ2) is 5.59. The second-order valence-electron chi connectivity index (χ2n) is 3.98. The summed E-state index contributed by atoms with van der Waals surface area (Å²) in [6.07, 6.45) is 0. The van der Waals surface area contributed by atoms with Crippen LogP contribution in [0.2, 0.25) is 10.0 Å². The lowest BCUT2D eigenvalue weighted by Gasteiger charge is -2.06. The van der Waals surface area contributed by atoms with E-state index < -0.39 is 0 Å². The minimum Gasteiger partial charge on any atom is -0.480 e. The minimum atomic E-state index is -0.225. The van der Waals surface area contributed by atoms with Gasteiger partial charge in [-0.1, -0.05) is 35.3 Å². The first-order valence-corrected chi connectivity index (χ1v) is 6.30. The van der Waals surface area contributed by atoms with Crippen LogP contribution in [0.3, 0.4) is 0 Å². The molecule has 1 aromatic heterocycles. The molecule has 0 fully saturated rings. The number of ketones is 1. The second-order valence-corrected chi connectivity index (χ2v) is 4.80. The van der Waals surface area contributed by atoms with Crippen LogP contribution in [-0.2, 0) is 0 Å². The molecule has 3 nitrogen and oxygen atoms in total. The van der Waals surface area contributed by atoms with Crippen LogP contribution < -0.4 is 4.74 Å². The van der Waals surface area contributed by atoms with E-state index in [1.54, 1.807) is 30.3 Å². The maximum atomic E-state index is 12.3. The highest BCUT2D eigenvalue weighted by Gasteiger charge is 2.14. The molecule has 0 unspecified atom stereocenters. The number of rotatable bonds is 3. The Hall–Kier alpha value is -1.58. The number of ether oxygens (including phenoxy) is 1. The molecule has 0 saturated carbocycles. The van der Waals surface area contributed by atoms with E-state index in [9.17, 15) is 4.79 Å². The van der Waals surface area contributed by atoms with Crippen molar-refractivity contribution in [2.24, 2.45) is 0 Å². The fourth-order valence-corrected chi connectivity index (χ4v) is 1.94. The number of hydrogen-bond acceptors (Lipinski definition) is 3. The van der Waals surface area contributed by atoms with E-state index in [-0.39, 0.29) is 17.4 Å². The van der Waals surface area contributed by atoms with Crippen LogP contribution in [0.1, 0.15) is 21.6 Å². The quantitative estimate of drug-likeness (QED) is 0.805. The zero-order valence-electron chi connectivity index (χ0n) is 10.4. The molecule has 1 heterocycles. The minimum absolute atomic E-state index is 0.225. The van der Waals surface area contributed by atoms with Crippen LogP contribution in [0.15, 0.2) is 30.3 Å². The Morgan fingerprint density at radius 2 is 1.89 bits per heavy atom. The molecule has 0 aliphatic heterocycles. The van der Waals surface area contributed by atoms with Crippen LogP contribution in [0.5, 0.6) is 5.88 Å². The molecular weight excluding hydrogens is 285 g/mol. The number of carbonyl (C=O) groups is 1. The fourth-order valence-electron chi connectivity index (χ4n) is 1.58. The molecule has 0 amide bonds. The van der Waals surface area contributed by atoms with E-state index in [1.165, 1.54) is 7.11 Å². The van der Waals surface area contributed by atoms with E-state index in [2.05, 4.69) is 4.98 Å². The highest BCUT2D eigenvalue weighted by atomic mass is 35.5. The molecular formula is C14H11Cl2NO2. The molecule has 5 heteroatoms. The lowest BCUT2D eigenvalue weighted by molar-refractivity contribution is 0.103. The summed E-state index contributed by atoms with van der Waals surface area (Å²) in [5.74, 6) is 0.00240. The Balaban J connectivity index is 2.41. The van der Waals surface area contributed by atoms with Crippen molar-refractivity contribution in [2.75, 3.05) is 7.11 Å². The molecule has 2 aromatic rings. The maximum absolute atomic E-state index is 12.3. The summed E-state index contributed by atoms with van der Waals surface area (Å²) >= 11 is 11.9. The molecule has 19 heavy (non-hydrogen) atoms. The zero-order chi connectivity index (χ0) is 14.0. The molecule has 0 N–H and O–H groups in total. The predicted octanol–water partition coefficient (Wildman–Crippen LogP) is 3.94. The van der Waals surface area contributed by atoms with Crippen molar-refractivity contribution in [3.8, 4) is 5.88 Å². The van der Waals surface area contributed by atoms with Crippen molar-refractivity contribution in [3.63, 3.8) is 0 Å². The molecule has 0 saturated heterocycles. The first kappa shape index (κ1) is 13.8. The molecule has 98 valence electrons. The van der Waals surface area contributed by atoms with Gasteiger partial charge in [0, 0.05) is 10.6 Å². The summed E-state index contributed by atoms with van der Waals surface area (Å²) in [6, 6.07) is 8.27. The summed E-state index contributed by atoms with van der Waals surface area (Å²) in [5.41, 5.74) is 1.66. The Morgan fingerprint density at radius 1 is 1.16 bits per heavy atom. The van der Waals surface area contributed by atoms with E-state index >= 15 is 0 Å². The largest absolute Gasteiger partial charge is 0.480 e. The summed E-state index contributed by atoms with van der Waals surface area (Å²) in [6.45, 7) is 1.88. The number of methoxy groups -OCH3 is 1. The van der Waals surface area contributed by atoms with Gasteiger partial charge in [0.1, 0.15) is 10.7 Å². The van der Waals surface area contributed by atoms with Crippen molar-refractivity contribution < 1.29 is 9.53 Å². The summed E-state index contributed by atoms with van der Waals surface area (Å²) < 4.78 is 4.99. The van der Waals surface area contributed by atoms with Gasteiger partial charge in [-0.25, -0.2) is 4.98 Å². The highest BCUT2D eigenvalue weighted by molar-refractivity contribution is 6.32. The van der Waals surface area contributed by atoms with Crippen LogP contribution in [0, 0.1) is 6.92 Å². The van der Waals surface area contributed by atoms with Crippen molar-refractivity contribution >= 4 is 29.0 Å². The molecule has 2 rings (SSSR count). The van der Waals surface area contributed by atoms with E-state index in [0.29, 0.717) is 15.6 Å². The predicted molar refractivity (Wildman–Crippen MR) is 75.4 cm³/mol. The van der Waals surface area contributed by atoms with Gasteiger partial charge < -0.3 is 4.74 Å². The van der Waals surface area contributed by atoms with Gasteiger partial charge in [-0.05, 0) is 30.7 Å². The Morgan fingerprint density at radius 3 is 2.53 bits per heavy atom. The average Bonchev–Trinajstić information content (AvgIpc) is 2.41. The van der Waals surface area contributed by atoms with Gasteiger partial charge in [-0.3, -0.25) is 4.79 Å². The topological polar surface area (TPSA) is 39.2 Å². The van der Waals surface area contributed by atoms with Crippen LogP contribution in [-0.4, -0.2) is 17.9 Å². The van der Waals surface area contributed by atoms with Gasteiger partial charge in [-0.15, -0.1) is 0 Å². The Kier molecular flexibility index (Phi) is 4.08. The molecule has 0 radical (unpaired) electrons. The zero-order valence-corrected chi connectivity index (χ0v) is 11.9. The normalized spacial score (nSPS) is 10.3. The van der Waals surface area contributed by atoms with Gasteiger partial charge in [0.15, 0.2) is 0 Å². The number of aromatic nitrogens is 1. The first-order valence-electron chi connectivity index (χ1n) is 5.54. The first-order chi connectivity index (χ1) is 9.02. The van der Waals surface area contributed by atoms with E-state index in [4.69, 9.17) is 27.9 Å². The van der Waals surface area contributed by atoms with Crippen molar-refractivity contribution in [2.45, 2.75) is 6.92 Å². The summed E-state index contributed by atoms with van der Waals surface area (Å²) in [5, 5.41) is 0.910. The lowest BCUT2D eigenvalue weighted by atomic mass is 10.1. The Labute approximate surface area is 121 Å². The fraction of sp³-hybridized carbons (Fsp3) is 0.143. The summed E-state index contributed by atoms with van der Waals surface area (Å²) in [7, 11) is 1.45. The monoisotopic (exact) mass is 295 g/mol. The number of nitrogens with zero attached hydrogens (tertiary/aromatic N) is 1. The van der Waals surface area contributed by atoms with Gasteiger partial charge in [-0.2, -0.15) is 0 Å². The van der Waals surface area contributed by atoms with Gasteiger partial charge >= 0.3 is 0 Å².